The number of likely N-dealkylation sites (N-methyl/N-ethyl adjacent to an activating group) is 1. The molecule has 0 aliphatic carbocycles. The number of rotatable bonds is 5. The number of ether oxygens (including phenoxy) is 1. The minimum absolute atomic E-state index is 0.000693. The van der Waals surface area contributed by atoms with Crippen LogP contribution in [0.5, 0.6) is 5.75 Å². The third-order valence-electron chi connectivity index (χ3n) is 4.12. The van der Waals surface area contributed by atoms with Crippen LogP contribution < -0.4 is 4.74 Å². The van der Waals surface area contributed by atoms with Crippen LogP contribution in [0.1, 0.15) is 17.4 Å². The fraction of sp³-hybridized carbons (Fsp3) is 0.353. The van der Waals surface area contributed by atoms with Crippen molar-refractivity contribution in [2.75, 3.05) is 27.2 Å². The van der Waals surface area contributed by atoms with Gasteiger partial charge in [-0.05, 0) is 43.3 Å². The maximum absolute atomic E-state index is 12.3. The van der Waals surface area contributed by atoms with E-state index in [9.17, 15) is 4.79 Å². The highest BCUT2D eigenvalue weighted by Gasteiger charge is 2.36. The van der Waals surface area contributed by atoms with Crippen LogP contribution >= 0.6 is 0 Å². The van der Waals surface area contributed by atoms with E-state index in [0.29, 0.717) is 13.1 Å². The summed E-state index contributed by atoms with van der Waals surface area (Å²) in [4.78, 5) is 19.5. The van der Waals surface area contributed by atoms with Crippen molar-refractivity contribution in [3.8, 4) is 5.75 Å². The third kappa shape index (κ3) is 2.85. The van der Waals surface area contributed by atoms with Gasteiger partial charge in [0.25, 0.3) is 0 Å². The normalized spacial score (nSPS) is 18.9. The van der Waals surface area contributed by atoms with E-state index in [1.54, 1.807) is 7.11 Å². The molecule has 1 fully saturated rings. The molecule has 3 rings (SSSR count). The second kappa shape index (κ2) is 6.23. The van der Waals surface area contributed by atoms with Gasteiger partial charge in [-0.2, -0.15) is 0 Å². The first-order valence-electron chi connectivity index (χ1n) is 7.45. The number of benzene rings is 1. The zero-order valence-electron chi connectivity index (χ0n) is 13.0. The first kappa shape index (κ1) is 14.7. The number of carbonyl (C=O) groups excluding carboxylic acids is 1. The average molecular weight is 299 g/mol. The van der Waals surface area contributed by atoms with Crippen LogP contribution in [0.25, 0.3) is 0 Å². The molecular formula is C17H21N3O2. The number of aromatic amines is 1. The predicted octanol–water partition coefficient (Wildman–Crippen LogP) is 2.04. The summed E-state index contributed by atoms with van der Waals surface area (Å²) in [6.07, 6.45) is 2.73. The van der Waals surface area contributed by atoms with Crippen molar-refractivity contribution in [3.05, 3.63) is 53.9 Å². The minimum atomic E-state index is 0.000693. The van der Waals surface area contributed by atoms with Gasteiger partial charge in [-0.1, -0.05) is 12.1 Å². The zero-order valence-corrected chi connectivity index (χ0v) is 13.0. The number of nitrogens with zero attached hydrogens (tertiary/aromatic N) is 2. The van der Waals surface area contributed by atoms with Crippen molar-refractivity contribution in [2.45, 2.75) is 12.6 Å². The first-order valence-corrected chi connectivity index (χ1v) is 7.45. The summed E-state index contributed by atoms with van der Waals surface area (Å²) < 4.78 is 5.17. The van der Waals surface area contributed by atoms with Crippen LogP contribution in [0.15, 0.2) is 42.6 Å². The van der Waals surface area contributed by atoms with Crippen molar-refractivity contribution in [2.24, 2.45) is 0 Å². The van der Waals surface area contributed by atoms with Crippen molar-refractivity contribution in [1.82, 2.24) is 14.8 Å². The van der Waals surface area contributed by atoms with Crippen LogP contribution in [0, 0.1) is 0 Å². The van der Waals surface area contributed by atoms with E-state index in [0.717, 1.165) is 17.9 Å². The number of aromatic nitrogens is 1. The standard InChI is InChI=1S/C17H21N3O2/c1-19-12-16(21)20(17(19)15-4-3-10-18-15)11-9-13-5-7-14(22-2)8-6-13/h3-8,10,17-18H,9,11-12H2,1-2H3. The molecular weight excluding hydrogens is 278 g/mol. The lowest BCUT2D eigenvalue weighted by Gasteiger charge is -2.27. The topological polar surface area (TPSA) is 48.6 Å². The molecule has 1 N–H and O–H groups in total. The monoisotopic (exact) mass is 299 g/mol. The van der Waals surface area contributed by atoms with E-state index in [4.69, 9.17) is 4.74 Å². The molecule has 116 valence electrons. The lowest BCUT2D eigenvalue weighted by atomic mass is 10.1. The Morgan fingerprint density at radius 1 is 1.27 bits per heavy atom. The molecule has 1 aromatic heterocycles. The molecule has 0 spiro atoms. The molecule has 0 bridgehead atoms. The fourth-order valence-corrected chi connectivity index (χ4v) is 2.96. The van der Waals surface area contributed by atoms with Gasteiger partial charge >= 0.3 is 0 Å². The van der Waals surface area contributed by atoms with Gasteiger partial charge in [0.05, 0.1) is 19.3 Å². The number of carbonyl (C=O) groups is 1. The Balaban J connectivity index is 1.70. The van der Waals surface area contributed by atoms with Gasteiger partial charge in [-0.15, -0.1) is 0 Å². The van der Waals surface area contributed by atoms with E-state index >= 15 is 0 Å². The SMILES string of the molecule is COc1ccc(CCN2C(=O)CN(C)C2c2ccc[nH]2)cc1. The van der Waals surface area contributed by atoms with E-state index in [1.807, 2.05) is 54.5 Å². The number of hydrogen-bond acceptors (Lipinski definition) is 3. The Bertz CT molecular complexity index is 622. The maximum atomic E-state index is 12.3. The van der Waals surface area contributed by atoms with Gasteiger partial charge in [0, 0.05) is 12.7 Å². The summed E-state index contributed by atoms with van der Waals surface area (Å²) in [5.74, 6) is 1.03. The summed E-state index contributed by atoms with van der Waals surface area (Å²) in [5.41, 5.74) is 2.26. The van der Waals surface area contributed by atoms with Crippen LogP contribution in [0.3, 0.4) is 0 Å². The molecule has 1 unspecified atom stereocenters. The molecule has 1 aliphatic rings. The van der Waals surface area contributed by atoms with Gasteiger partial charge in [0.2, 0.25) is 5.91 Å². The van der Waals surface area contributed by atoms with Crippen LogP contribution in [-0.2, 0) is 11.2 Å². The van der Waals surface area contributed by atoms with Gasteiger partial charge in [-0.25, -0.2) is 0 Å². The Hall–Kier alpha value is -2.27. The molecule has 0 radical (unpaired) electrons. The Kier molecular flexibility index (Phi) is 4.15. The van der Waals surface area contributed by atoms with E-state index in [2.05, 4.69) is 9.88 Å². The summed E-state index contributed by atoms with van der Waals surface area (Å²) in [6, 6.07) is 12.0. The smallest absolute Gasteiger partial charge is 0.238 e. The second-order valence-corrected chi connectivity index (χ2v) is 5.60. The quantitative estimate of drug-likeness (QED) is 0.919. The molecule has 1 atom stereocenters. The number of methoxy groups -OCH3 is 1. The van der Waals surface area contributed by atoms with Crippen molar-refractivity contribution in [3.63, 3.8) is 0 Å². The lowest BCUT2D eigenvalue weighted by molar-refractivity contribution is -0.128. The summed E-state index contributed by atoms with van der Waals surface area (Å²) in [7, 11) is 3.64. The molecule has 1 saturated heterocycles. The Labute approximate surface area is 130 Å². The third-order valence-corrected chi connectivity index (χ3v) is 4.12. The predicted molar refractivity (Wildman–Crippen MR) is 84.6 cm³/mol. The molecule has 2 aromatic rings. The fourth-order valence-electron chi connectivity index (χ4n) is 2.96. The molecule has 22 heavy (non-hydrogen) atoms. The number of nitrogens with one attached hydrogen (secondary N) is 1. The number of amides is 1. The largest absolute Gasteiger partial charge is 0.497 e. The summed E-state index contributed by atoms with van der Waals surface area (Å²) in [6.45, 7) is 1.17. The molecule has 1 aromatic carbocycles. The molecule has 2 heterocycles. The van der Waals surface area contributed by atoms with Gasteiger partial charge in [0.15, 0.2) is 0 Å². The maximum Gasteiger partial charge on any atom is 0.238 e. The van der Waals surface area contributed by atoms with Crippen LogP contribution in [0.2, 0.25) is 0 Å². The average Bonchev–Trinajstić information content (AvgIpc) is 3.13. The Morgan fingerprint density at radius 2 is 2.05 bits per heavy atom. The Morgan fingerprint density at radius 3 is 2.68 bits per heavy atom. The molecule has 0 saturated carbocycles. The lowest BCUT2D eigenvalue weighted by Crippen LogP contribution is -2.32. The highest BCUT2D eigenvalue weighted by molar-refractivity contribution is 5.80. The minimum Gasteiger partial charge on any atom is -0.497 e. The summed E-state index contributed by atoms with van der Waals surface area (Å²) in [5, 5.41) is 0. The van der Waals surface area contributed by atoms with Gasteiger partial charge in [0.1, 0.15) is 11.9 Å². The van der Waals surface area contributed by atoms with Gasteiger partial charge in [-0.3, -0.25) is 9.69 Å². The zero-order chi connectivity index (χ0) is 15.5. The van der Waals surface area contributed by atoms with Crippen molar-refractivity contribution >= 4 is 5.91 Å². The van der Waals surface area contributed by atoms with Crippen LogP contribution in [-0.4, -0.2) is 47.9 Å². The number of hydrogen-bond donors (Lipinski definition) is 1. The van der Waals surface area contributed by atoms with Crippen LogP contribution in [0.4, 0.5) is 0 Å². The highest BCUT2D eigenvalue weighted by atomic mass is 16.5. The molecule has 5 nitrogen and oxygen atoms in total. The summed E-state index contributed by atoms with van der Waals surface area (Å²) >= 11 is 0. The van der Waals surface area contributed by atoms with Crippen molar-refractivity contribution in [1.29, 1.82) is 0 Å². The molecule has 1 aliphatic heterocycles. The van der Waals surface area contributed by atoms with Crippen molar-refractivity contribution < 1.29 is 9.53 Å². The number of H-pyrrole nitrogens is 1. The van der Waals surface area contributed by atoms with Gasteiger partial charge < -0.3 is 14.6 Å². The molecule has 1 amide bonds. The van der Waals surface area contributed by atoms with E-state index in [-0.39, 0.29) is 12.1 Å². The molecule has 5 heteroatoms. The van der Waals surface area contributed by atoms with E-state index < -0.39 is 0 Å². The first-order chi connectivity index (χ1) is 10.7. The highest BCUT2D eigenvalue weighted by Crippen LogP contribution is 2.28. The van der Waals surface area contributed by atoms with E-state index in [1.165, 1.54) is 5.56 Å². The second-order valence-electron chi connectivity index (χ2n) is 5.60.